The van der Waals surface area contributed by atoms with Gasteiger partial charge in [0, 0.05) is 11.6 Å². The van der Waals surface area contributed by atoms with Crippen molar-refractivity contribution in [1.82, 2.24) is 0 Å². The molecule has 0 aromatic heterocycles. The maximum absolute atomic E-state index is 12.0. The summed E-state index contributed by atoms with van der Waals surface area (Å²) in [5.74, 6) is 1.52. The van der Waals surface area contributed by atoms with Gasteiger partial charge in [-0.25, -0.2) is 0 Å². The second-order valence-electron chi connectivity index (χ2n) is 5.26. The number of benzene rings is 1. The van der Waals surface area contributed by atoms with E-state index in [2.05, 4.69) is 4.18 Å². The average molecular weight is 366 g/mol. The molecule has 0 saturated carbocycles. The zero-order valence-corrected chi connectivity index (χ0v) is 14.8. The number of hydrogen-bond donors (Lipinski definition) is 0. The molecule has 0 atom stereocenters. The lowest BCUT2D eigenvalue weighted by Crippen LogP contribution is -2.09. The van der Waals surface area contributed by atoms with Crippen LogP contribution in [0.25, 0.3) is 5.76 Å². The van der Waals surface area contributed by atoms with E-state index in [1.165, 1.54) is 13.2 Å². The zero-order valence-electron chi connectivity index (χ0n) is 14.0. The Balaban J connectivity index is 2.99. The largest absolute Gasteiger partial charge is 0.536 e. The van der Waals surface area contributed by atoms with E-state index < -0.39 is 6.36 Å². The number of allylic oxidation sites excluding steroid dienone is 1. The molecule has 0 fully saturated rings. The molecule has 1 aromatic rings. The molecule has 0 amide bonds. The van der Waals surface area contributed by atoms with Crippen LogP contribution in [0.3, 0.4) is 0 Å². The summed E-state index contributed by atoms with van der Waals surface area (Å²) in [7, 11) is 1.52. The Kier molecular flexibility index (Phi) is 8.27. The lowest BCUT2D eigenvalue weighted by atomic mass is 10.1. The summed E-state index contributed by atoms with van der Waals surface area (Å²) in [6.45, 7) is 6.40. The van der Waals surface area contributed by atoms with Crippen LogP contribution in [0.5, 0.6) is 11.5 Å². The third-order valence-electron chi connectivity index (χ3n) is 2.62. The van der Waals surface area contributed by atoms with Crippen molar-refractivity contribution in [2.75, 3.05) is 13.7 Å². The summed E-state index contributed by atoms with van der Waals surface area (Å²) >= 11 is -0.153. The van der Waals surface area contributed by atoms with Gasteiger partial charge in [-0.3, -0.25) is 0 Å². The van der Waals surface area contributed by atoms with Crippen molar-refractivity contribution in [2.45, 2.75) is 33.6 Å². The molecular formula is C16H21F3O4S. The first-order chi connectivity index (χ1) is 11.2. The molecule has 0 heterocycles. The fourth-order valence-corrected chi connectivity index (χ4v) is 1.99. The zero-order chi connectivity index (χ0) is 18.2. The van der Waals surface area contributed by atoms with Gasteiger partial charge in [0.1, 0.15) is 17.3 Å². The van der Waals surface area contributed by atoms with Crippen LogP contribution in [-0.2, 0) is 8.92 Å². The van der Waals surface area contributed by atoms with E-state index in [4.69, 9.17) is 13.7 Å². The van der Waals surface area contributed by atoms with Gasteiger partial charge >= 0.3 is 6.36 Å². The first-order valence-corrected chi connectivity index (χ1v) is 8.03. The molecule has 0 unspecified atom stereocenters. The third-order valence-corrected chi connectivity index (χ3v) is 3.13. The quantitative estimate of drug-likeness (QED) is 0.420. The third kappa shape index (κ3) is 7.83. The molecule has 8 heteroatoms. The van der Waals surface area contributed by atoms with Gasteiger partial charge in [-0.1, -0.05) is 20.8 Å². The van der Waals surface area contributed by atoms with Crippen LogP contribution in [-0.4, -0.2) is 20.1 Å². The van der Waals surface area contributed by atoms with E-state index in [0.717, 1.165) is 6.42 Å². The van der Waals surface area contributed by atoms with E-state index in [1.54, 1.807) is 12.1 Å². The van der Waals surface area contributed by atoms with Gasteiger partial charge in [0.05, 0.1) is 13.7 Å². The minimum Gasteiger partial charge on any atom is -0.496 e. The second kappa shape index (κ2) is 9.68. The minimum absolute atomic E-state index is 0.153. The van der Waals surface area contributed by atoms with Crippen LogP contribution in [0.15, 0.2) is 24.3 Å². The van der Waals surface area contributed by atoms with E-state index in [9.17, 15) is 13.2 Å². The first kappa shape index (κ1) is 20.5. The Bertz CT molecular complexity index is 545. The number of rotatable bonds is 9. The van der Waals surface area contributed by atoms with E-state index in [-0.39, 0.29) is 18.1 Å². The van der Waals surface area contributed by atoms with Crippen LogP contribution < -0.4 is 8.92 Å². The molecule has 4 nitrogen and oxygen atoms in total. The minimum atomic E-state index is -4.78. The normalized spacial score (nSPS) is 12.4. The number of hydrogen-bond acceptors (Lipinski definition) is 5. The summed E-state index contributed by atoms with van der Waals surface area (Å²) in [6, 6.07) is 4.80. The van der Waals surface area contributed by atoms with E-state index in [0.29, 0.717) is 29.6 Å². The number of halogens is 3. The van der Waals surface area contributed by atoms with E-state index >= 15 is 0 Å². The molecule has 0 bridgehead atoms. The summed E-state index contributed by atoms with van der Waals surface area (Å²) in [5, 5.41) is 0. The van der Waals surface area contributed by atoms with E-state index in [1.807, 2.05) is 26.8 Å². The Hall–Kier alpha value is -1.54. The van der Waals surface area contributed by atoms with Crippen LogP contribution in [0, 0.1) is 5.92 Å². The van der Waals surface area contributed by atoms with Crippen molar-refractivity contribution in [2.24, 2.45) is 5.92 Å². The van der Waals surface area contributed by atoms with Gasteiger partial charge in [-0.15, -0.1) is 13.2 Å². The summed E-state index contributed by atoms with van der Waals surface area (Å²) in [6.07, 6.45) is -2.19. The molecule has 0 spiro atoms. The molecule has 0 radical (unpaired) electrons. The van der Waals surface area contributed by atoms with Gasteiger partial charge in [-0.2, -0.15) is 4.18 Å². The average Bonchev–Trinajstić information content (AvgIpc) is 2.49. The molecule has 1 aromatic carbocycles. The lowest BCUT2D eigenvalue weighted by molar-refractivity contribution is -0.268. The number of methoxy groups -OCH3 is 1. The second-order valence-corrected chi connectivity index (χ2v) is 5.73. The monoisotopic (exact) mass is 366 g/mol. The topological polar surface area (TPSA) is 36.9 Å². The van der Waals surface area contributed by atoms with Gasteiger partial charge < -0.3 is 13.7 Å². The maximum Gasteiger partial charge on any atom is 0.536 e. The molecule has 24 heavy (non-hydrogen) atoms. The van der Waals surface area contributed by atoms with Crippen LogP contribution >= 0.6 is 12.3 Å². The smallest absolute Gasteiger partial charge is 0.496 e. The Morgan fingerprint density at radius 3 is 2.42 bits per heavy atom. The summed E-state index contributed by atoms with van der Waals surface area (Å²) in [5.41, 5.74) is 0.642. The standard InChI is InChI=1S/C16H21F3O4S/c1-5-6-15(20-4)12-7-13(21-10-11(2)3)9-14(8-12)22-24-23-16(17,18)19/h6-9,11H,5,10H2,1-4H3. The maximum atomic E-state index is 12.0. The Morgan fingerprint density at radius 1 is 1.21 bits per heavy atom. The van der Waals surface area contributed by atoms with Crippen LogP contribution in [0.4, 0.5) is 13.2 Å². The van der Waals surface area contributed by atoms with Crippen molar-refractivity contribution in [1.29, 1.82) is 0 Å². The highest BCUT2D eigenvalue weighted by atomic mass is 32.2. The highest BCUT2D eigenvalue weighted by molar-refractivity contribution is 7.90. The predicted octanol–water partition coefficient (Wildman–Crippen LogP) is 5.60. The molecule has 0 N–H and O–H groups in total. The van der Waals surface area contributed by atoms with Gasteiger partial charge in [0.2, 0.25) is 12.3 Å². The first-order valence-electron chi connectivity index (χ1n) is 7.36. The highest BCUT2D eigenvalue weighted by Gasteiger charge is 2.31. The molecule has 0 aliphatic heterocycles. The number of ether oxygens (including phenoxy) is 2. The van der Waals surface area contributed by atoms with Crippen molar-refractivity contribution in [3.05, 3.63) is 29.8 Å². The number of alkyl halides is 3. The van der Waals surface area contributed by atoms with Gasteiger partial charge in [-0.05, 0) is 30.5 Å². The van der Waals surface area contributed by atoms with Crippen LogP contribution in [0.1, 0.15) is 32.8 Å². The molecule has 0 saturated heterocycles. The SMILES string of the molecule is CCC=C(OC)c1cc(OCC(C)C)cc(OSOC(F)(F)F)c1. The molecule has 0 aliphatic rings. The fourth-order valence-electron chi connectivity index (χ4n) is 1.71. The van der Waals surface area contributed by atoms with Crippen molar-refractivity contribution in [3.8, 4) is 11.5 Å². The van der Waals surface area contributed by atoms with Crippen molar-refractivity contribution in [3.63, 3.8) is 0 Å². The predicted molar refractivity (Wildman–Crippen MR) is 87.4 cm³/mol. The van der Waals surface area contributed by atoms with Crippen LogP contribution in [0.2, 0.25) is 0 Å². The molecule has 136 valence electrons. The molecule has 1 rings (SSSR count). The molecular weight excluding hydrogens is 345 g/mol. The van der Waals surface area contributed by atoms with Gasteiger partial charge in [0.15, 0.2) is 0 Å². The Morgan fingerprint density at radius 2 is 1.88 bits per heavy atom. The van der Waals surface area contributed by atoms with Crippen molar-refractivity contribution >= 4 is 18.1 Å². The Labute approximate surface area is 144 Å². The fraction of sp³-hybridized carbons (Fsp3) is 0.500. The lowest BCUT2D eigenvalue weighted by Gasteiger charge is -2.14. The highest BCUT2D eigenvalue weighted by Crippen LogP contribution is 2.32. The van der Waals surface area contributed by atoms with Gasteiger partial charge in [0.25, 0.3) is 0 Å². The summed E-state index contributed by atoms with van der Waals surface area (Å²) in [4.78, 5) is 0. The molecule has 0 aliphatic carbocycles. The summed E-state index contributed by atoms with van der Waals surface area (Å²) < 4.78 is 55.5. The van der Waals surface area contributed by atoms with Crippen molar-refractivity contribution < 1.29 is 31.0 Å².